The van der Waals surface area contributed by atoms with E-state index in [-0.39, 0.29) is 31.3 Å². The van der Waals surface area contributed by atoms with Crippen LogP contribution < -0.4 is 11.1 Å². The molecule has 162 valence electrons. The molecule has 1 saturated heterocycles. The van der Waals surface area contributed by atoms with Crippen LogP contribution in [0.25, 0.3) is 11.2 Å². The summed E-state index contributed by atoms with van der Waals surface area (Å²) >= 11 is 0. The molecular formula is C21H24N6O4. The summed E-state index contributed by atoms with van der Waals surface area (Å²) in [6.07, 6.45) is 3.36. The predicted molar refractivity (Wildman–Crippen MR) is 113 cm³/mol. The molecule has 3 aromatic rings. The molecular weight excluding hydrogens is 400 g/mol. The standard InChI is InChI=1S/C21H24N6O4/c1-2-14(9-22)30-15-8-17(31-16(15)10-28)27-12-25-18-19(23-11-24-20(18)27)26-21(29)13-6-4-3-5-7-13/h2-7,11-12,14-17,28H,1,8-10,22H2,(H,23,24,26,29)/t14?,15?,16-,17-/m1/s1. The third kappa shape index (κ3) is 4.32. The number of carbonyl (C=O) groups is 1. The van der Waals surface area contributed by atoms with Crippen LogP contribution in [-0.4, -0.2) is 62.0 Å². The molecule has 1 fully saturated rings. The SMILES string of the molecule is C=CC(CN)OC1C[C@H](n2cnc3c(NC(=O)c4ccccc4)ncnc32)O[C@@H]1CO. The highest BCUT2D eigenvalue weighted by atomic mass is 16.6. The van der Waals surface area contributed by atoms with E-state index in [4.69, 9.17) is 15.2 Å². The lowest BCUT2D eigenvalue weighted by Crippen LogP contribution is -2.34. The number of rotatable bonds is 8. The second-order valence-corrected chi connectivity index (χ2v) is 7.10. The van der Waals surface area contributed by atoms with Gasteiger partial charge in [0.05, 0.1) is 25.1 Å². The van der Waals surface area contributed by atoms with Crippen LogP contribution in [0, 0.1) is 0 Å². The van der Waals surface area contributed by atoms with E-state index in [1.54, 1.807) is 41.2 Å². The number of anilines is 1. The second kappa shape index (κ2) is 9.31. The molecule has 2 unspecified atom stereocenters. The molecule has 4 rings (SSSR count). The van der Waals surface area contributed by atoms with Crippen molar-refractivity contribution in [1.29, 1.82) is 0 Å². The Kier molecular flexibility index (Phi) is 6.33. The van der Waals surface area contributed by atoms with Crippen LogP contribution in [-0.2, 0) is 9.47 Å². The number of aliphatic hydroxyl groups excluding tert-OH is 1. The average Bonchev–Trinajstić information content (AvgIpc) is 3.42. The first-order valence-corrected chi connectivity index (χ1v) is 9.93. The van der Waals surface area contributed by atoms with Gasteiger partial charge in [0.1, 0.15) is 18.7 Å². The van der Waals surface area contributed by atoms with E-state index in [0.29, 0.717) is 29.0 Å². The van der Waals surface area contributed by atoms with Crippen LogP contribution in [0.15, 0.2) is 55.6 Å². The zero-order chi connectivity index (χ0) is 21.8. The molecule has 1 aliphatic rings. The van der Waals surface area contributed by atoms with E-state index < -0.39 is 12.3 Å². The fraction of sp³-hybridized carbons (Fsp3) is 0.333. The molecule has 0 saturated carbocycles. The number of hydrogen-bond acceptors (Lipinski definition) is 8. The van der Waals surface area contributed by atoms with Gasteiger partial charge in [-0.15, -0.1) is 6.58 Å². The number of aliphatic hydroxyl groups is 1. The van der Waals surface area contributed by atoms with Gasteiger partial charge in [0.2, 0.25) is 0 Å². The van der Waals surface area contributed by atoms with Crippen LogP contribution >= 0.6 is 0 Å². The van der Waals surface area contributed by atoms with Crippen LogP contribution in [0.5, 0.6) is 0 Å². The maximum atomic E-state index is 12.5. The van der Waals surface area contributed by atoms with Gasteiger partial charge in [-0.25, -0.2) is 15.0 Å². The average molecular weight is 424 g/mol. The fourth-order valence-electron chi connectivity index (χ4n) is 3.53. The number of benzene rings is 1. The van der Waals surface area contributed by atoms with Crippen molar-refractivity contribution in [3.05, 3.63) is 61.2 Å². The minimum absolute atomic E-state index is 0.199. The molecule has 1 aliphatic heterocycles. The first-order valence-electron chi connectivity index (χ1n) is 9.93. The van der Waals surface area contributed by atoms with Gasteiger partial charge in [-0.05, 0) is 12.1 Å². The number of amides is 1. The van der Waals surface area contributed by atoms with E-state index in [9.17, 15) is 9.90 Å². The number of nitrogens with one attached hydrogen (secondary N) is 1. The Hall–Kier alpha value is -3.18. The number of aromatic nitrogens is 4. The van der Waals surface area contributed by atoms with Crippen LogP contribution in [0.3, 0.4) is 0 Å². The fourth-order valence-corrected chi connectivity index (χ4v) is 3.53. The highest BCUT2D eigenvalue weighted by molar-refractivity contribution is 6.06. The molecule has 0 aliphatic carbocycles. The Morgan fingerprint density at radius 2 is 2.19 bits per heavy atom. The van der Waals surface area contributed by atoms with Gasteiger partial charge in [-0.1, -0.05) is 24.3 Å². The minimum atomic E-state index is -0.518. The largest absolute Gasteiger partial charge is 0.394 e. The maximum absolute atomic E-state index is 12.5. The molecule has 3 heterocycles. The summed E-state index contributed by atoms with van der Waals surface area (Å²) in [7, 11) is 0. The molecule has 1 amide bonds. The molecule has 2 aromatic heterocycles. The van der Waals surface area contributed by atoms with Crippen molar-refractivity contribution in [1.82, 2.24) is 19.5 Å². The number of nitrogens with zero attached hydrogens (tertiary/aromatic N) is 4. The molecule has 0 radical (unpaired) electrons. The highest BCUT2D eigenvalue weighted by Crippen LogP contribution is 2.33. The first-order chi connectivity index (χ1) is 15.1. The summed E-state index contributed by atoms with van der Waals surface area (Å²) < 4.78 is 13.7. The van der Waals surface area contributed by atoms with Gasteiger partial charge < -0.3 is 25.6 Å². The van der Waals surface area contributed by atoms with E-state index in [2.05, 4.69) is 26.8 Å². The van der Waals surface area contributed by atoms with Crippen molar-refractivity contribution in [3.63, 3.8) is 0 Å². The van der Waals surface area contributed by atoms with Gasteiger partial charge >= 0.3 is 0 Å². The van der Waals surface area contributed by atoms with Crippen LogP contribution in [0.1, 0.15) is 23.0 Å². The molecule has 1 aromatic carbocycles. The van der Waals surface area contributed by atoms with Crippen molar-refractivity contribution in [2.45, 2.75) is 31.0 Å². The van der Waals surface area contributed by atoms with Gasteiger partial charge in [-0.2, -0.15) is 0 Å². The number of carbonyl (C=O) groups excluding carboxylic acids is 1. The third-order valence-corrected chi connectivity index (χ3v) is 5.14. The van der Waals surface area contributed by atoms with Crippen molar-refractivity contribution in [2.75, 3.05) is 18.5 Å². The summed E-state index contributed by atoms with van der Waals surface area (Å²) in [5.74, 6) is 0.00953. The monoisotopic (exact) mass is 424 g/mol. The number of ether oxygens (including phenoxy) is 2. The van der Waals surface area contributed by atoms with Crippen LogP contribution in [0.2, 0.25) is 0 Å². The maximum Gasteiger partial charge on any atom is 0.256 e. The Balaban J connectivity index is 1.56. The van der Waals surface area contributed by atoms with Crippen molar-refractivity contribution in [3.8, 4) is 0 Å². The predicted octanol–water partition coefficient (Wildman–Crippen LogP) is 1.26. The smallest absolute Gasteiger partial charge is 0.256 e. The molecule has 0 spiro atoms. The van der Waals surface area contributed by atoms with Crippen molar-refractivity contribution >= 4 is 22.9 Å². The van der Waals surface area contributed by atoms with E-state index in [1.807, 2.05) is 6.07 Å². The van der Waals surface area contributed by atoms with Crippen LogP contribution in [0.4, 0.5) is 5.82 Å². The highest BCUT2D eigenvalue weighted by Gasteiger charge is 2.38. The zero-order valence-electron chi connectivity index (χ0n) is 16.8. The van der Waals surface area contributed by atoms with E-state index in [1.165, 1.54) is 6.33 Å². The normalized spacial score (nSPS) is 21.8. The third-order valence-electron chi connectivity index (χ3n) is 5.14. The topological polar surface area (TPSA) is 137 Å². The summed E-state index contributed by atoms with van der Waals surface area (Å²) in [4.78, 5) is 25.4. The molecule has 31 heavy (non-hydrogen) atoms. The molecule has 10 nitrogen and oxygen atoms in total. The number of nitrogens with two attached hydrogens (primary N) is 1. The number of imidazole rings is 1. The quantitative estimate of drug-likeness (QED) is 0.460. The first kappa shape index (κ1) is 21.1. The Labute approximate surface area is 178 Å². The zero-order valence-corrected chi connectivity index (χ0v) is 16.8. The Morgan fingerprint density at radius 1 is 1.39 bits per heavy atom. The number of hydrogen-bond donors (Lipinski definition) is 3. The second-order valence-electron chi connectivity index (χ2n) is 7.10. The molecule has 4 N–H and O–H groups in total. The summed E-state index contributed by atoms with van der Waals surface area (Å²) in [6.45, 7) is 3.80. The van der Waals surface area contributed by atoms with Crippen molar-refractivity contribution in [2.24, 2.45) is 5.73 Å². The van der Waals surface area contributed by atoms with Gasteiger partial charge in [0, 0.05) is 18.5 Å². The molecule has 10 heteroatoms. The lowest BCUT2D eigenvalue weighted by atomic mass is 10.1. The minimum Gasteiger partial charge on any atom is -0.394 e. The summed E-state index contributed by atoms with van der Waals surface area (Å²) in [5, 5.41) is 12.5. The van der Waals surface area contributed by atoms with E-state index >= 15 is 0 Å². The summed E-state index contributed by atoms with van der Waals surface area (Å²) in [6, 6.07) is 8.84. The van der Waals surface area contributed by atoms with Gasteiger partial charge in [0.15, 0.2) is 17.0 Å². The van der Waals surface area contributed by atoms with Gasteiger partial charge in [-0.3, -0.25) is 9.36 Å². The molecule has 0 bridgehead atoms. The van der Waals surface area contributed by atoms with Crippen molar-refractivity contribution < 1.29 is 19.4 Å². The molecule has 4 atom stereocenters. The Bertz CT molecular complexity index is 1060. The lowest BCUT2D eigenvalue weighted by molar-refractivity contribution is -0.0702. The summed E-state index contributed by atoms with van der Waals surface area (Å²) in [5.41, 5.74) is 7.13. The lowest BCUT2D eigenvalue weighted by Gasteiger charge is -2.20. The Morgan fingerprint density at radius 3 is 2.90 bits per heavy atom. The number of fused-ring (bicyclic) bond motifs is 1. The van der Waals surface area contributed by atoms with E-state index in [0.717, 1.165) is 0 Å². The van der Waals surface area contributed by atoms with Gasteiger partial charge in [0.25, 0.3) is 5.91 Å².